The van der Waals surface area contributed by atoms with Gasteiger partial charge in [-0.25, -0.2) is 5.43 Å². The molecule has 132 valence electrons. The number of benzene rings is 4. The first kappa shape index (κ1) is 16.8. The third-order valence-corrected chi connectivity index (χ3v) is 4.50. The second-order valence-electron chi connectivity index (χ2n) is 6.16. The van der Waals surface area contributed by atoms with Gasteiger partial charge in [0.25, 0.3) is 5.91 Å². The molecule has 0 unspecified atom stereocenters. The molecule has 0 aliphatic carbocycles. The normalized spacial score (nSPS) is 11.1. The molecule has 0 saturated carbocycles. The lowest BCUT2D eigenvalue weighted by Crippen LogP contribution is -2.17. The molecule has 4 heteroatoms. The van der Waals surface area contributed by atoms with Crippen LogP contribution in [0.1, 0.15) is 15.9 Å². The van der Waals surface area contributed by atoms with E-state index in [9.17, 15) is 4.79 Å². The molecule has 0 spiro atoms. The fraction of sp³-hybridized carbons (Fsp3) is 0.0435. The Kier molecular flexibility index (Phi) is 4.54. The average molecular weight is 354 g/mol. The second kappa shape index (κ2) is 7.30. The van der Waals surface area contributed by atoms with Crippen molar-refractivity contribution in [1.29, 1.82) is 0 Å². The van der Waals surface area contributed by atoms with E-state index in [4.69, 9.17) is 4.74 Å². The zero-order chi connectivity index (χ0) is 18.6. The van der Waals surface area contributed by atoms with E-state index in [1.165, 1.54) is 5.39 Å². The van der Waals surface area contributed by atoms with Crippen LogP contribution in [0.15, 0.2) is 84.0 Å². The first-order valence-electron chi connectivity index (χ1n) is 8.64. The molecule has 0 aromatic heterocycles. The van der Waals surface area contributed by atoms with Crippen molar-refractivity contribution < 1.29 is 9.53 Å². The minimum absolute atomic E-state index is 0.282. The highest BCUT2D eigenvalue weighted by molar-refractivity contribution is 6.14. The van der Waals surface area contributed by atoms with Crippen molar-refractivity contribution in [1.82, 2.24) is 5.43 Å². The van der Waals surface area contributed by atoms with Gasteiger partial charge in [0.15, 0.2) is 0 Å². The summed E-state index contributed by atoms with van der Waals surface area (Å²) in [4.78, 5) is 12.3. The fourth-order valence-corrected chi connectivity index (χ4v) is 3.18. The third kappa shape index (κ3) is 3.37. The van der Waals surface area contributed by atoms with E-state index >= 15 is 0 Å². The summed E-state index contributed by atoms with van der Waals surface area (Å²) in [5, 5.41) is 8.76. The van der Waals surface area contributed by atoms with E-state index in [0.29, 0.717) is 11.3 Å². The molecule has 4 nitrogen and oxygen atoms in total. The number of hydrogen-bond acceptors (Lipinski definition) is 3. The van der Waals surface area contributed by atoms with Gasteiger partial charge in [0.1, 0.15) is 5.75 Å². The van der Waals surface area contributed by atoms with Crippen LogP contribution in [-0.4, -0.2) is 19.2 Å². The average Bonchev–Trinajstić information content (AvgIpc) is 2.73. The van der Waals surface area contributed by atoms with Gasteiger partial charge < -0.3 is 4.74 Å². The molecule has 4 rings (SSSR count). The first-order valence-corrected chi connectivity index (χ1v) is 8.64. The lowest BCUT2D eigenvalue weighted by Gasteiger charge is -2.07. The van der Waals surface area contributed by atoms with Gasteiger partial charge in [-0.3, -0.25) is 4.79 Å². The van der Waals surface area contributed by atoms with Crippen LogP contribution >= 0.6 is 0 Å². The quantitative estimate of drug-likeness (QED) is 0.326. The molecule has 0 fully saturated rings. The summed E-state index contributed by atoms with van der Waals surface area (Å²) in [7, 11) is 1.57. The molecule has 0 bridgehead atoms. The van der Waals surface area contributed by atoms with Gasteiger partial charge in [-0.05, 0) is 45.8 Å². The predicted molar refractivity (Wildman–Crippen MR) is 110 cm³/mol. The van der Waals surface area contributed by atoms with Gasteiger partial charge in [-0.15, -0.1) is 0 Å². The summed E-state index contributed by atoms with van der Waals surface area (Å²) in [5.74, 6) is 0.349. The van der Waals surface area contributed by atoms with Crippen molar-refractivity contribution in [2.75, 3.05) is 7.11 Å². The van der Waals surface area contributed by atoms with Crippen molar-refractivity contribution in [2.45, 2.75) is 0 Å². The number of rotatable bonds is 4. The van der Waals surface area contributed by atoms with Crippen LogP contribution in [0, 0.1) is 0 Å². The van der Waals surface area contributed by atoms with Crippen molar-refractivity contribution in [3.05, 3.63) is 90.0 Å². The van der Waals surface area contributed by atoms with Gasteiger partial charge >= 0.3 is 0 Å². The Balaban J connectivity index is 1.65. The van der Waals surface area contributed by atoms with E-state index in [2.05, 4.69) is 40.9 Å². The maximum absolute atomic E-state index is 12.3. The highest BCUT2D eigenvalue weighted by Crippen LogP contribution is 2.27. The molecule has 0 saturated heterocycles. The van der Waals surface area contributed by atoms with Gasteiger partial charge in [-0.2, -0.15) is 5.10 Å². The summed E-state index contributed by atoms with van der Waals surface area (Å²) in [6, 6.07) is 25.5. The van der Waals surface area contributed by atoms with Crippen LogP contribution in [-0.2, 0) is 0 Å². The van der Waals surface area contributed by atoms with E-state index in [0.717, 1.165) is 21.7 Å². The molecule has 0 aliphatic heterocycles. The molecule has 0 atom stereocenters. The molecule has 0 aliphatic rings. The van der Waals surface area contributed by atoms with E-state index in [1.807, 2.05) is 24.3 Å². The zero-order valence-corrected chi connectivity index (χ0v) is 14.8. The summed E-state index contributed by atoms with van der Waals surface area (Å²) < 4.78 is 5.15. The number of carbonyl (C=O) groups is 1. The molecule has 0 radical (unpaired) electrons. The molecule has 27 heavy (non-hydrogen) atoms. The maximum atomic E-state index is 12.3. The number of fused-ring (bicyclic) bond motifs is 3. The van der Waals surface area contributed by atoms with Crippen LogP contribution in [0.4, 0.5) is 0 Å². The van der Waals surface area contributed by atoms with Crippen molar-refractivity contribution in [2.24, 2.45) is 5.10 Å². The smallest absolute Gasteiger partial charge is 0.271 e. The number of methoxy groups -OCH3 is 1. The van der Waals surface area contributed by atoms with Crippen molar-refractivity contribution in [3.8, 4) is 5.75 Å². The van der Waals surface area contributed by atoms with E-state index < -0.39 is 0 Å². The SMILES string of the molecule is COc1cccc(C(=O)NN=Cc2cc3ccccc3c3ccccc23)c1. The van der Waals surface area contributed by atoms with Gasteiger partial charge in [0, 0.05) is 11.1 Å². The molecular weight excluding hydrogens is 336 g/mol. The highest BCUT2D eigenvalue weighted by atomic mass is 16.5. The van der Waals surface area contributed by atoms with Gasteiger partial charge in [0.05, 0.1) is 13.3 Å². The summed E-state index contributed by atoms with van der Waals surface area (Å²) in [6.45, 7) is 0. The van der Waals surface area contributed by atoms with Gasteiger partial charge in [-0.1, -0.05) is 54.6 Å². The van der Waals surface area contributed by atoms with Crippen LogP contribution in [0.5, 0.6) is 5.75 Å². The van der Waals surface area contributed by atoms with E-state index in [1.54, 1.807) is 37.6 Å². The number of carbonyl (C=O) groups excluding carboxylic acids is 1. The van der Waals surface area contributed by atoms with E-state index in [-0.39, 0.29) is 5.91 Å². The van der Waals surface area contributed by atoms with Crippen LogP contribution in [0.3, 0.4) is 0 Å². The standard InChI is InChI=1S/C23H18N2O2/c1-27-19-9-6-8-17(14-19)23(26)25-24-15-18-13-16-7-2-3-10-20(16)22-12-5-4-11-21(18)22/h2-15H,1H3,(H,25,26). The number of nitrogens with zero attached hydrogens (tertiary/aromatic N) is 1. The number of nitrogens with one attached hydrogen (secondary N) is 1. The molecule has 0 heterocycles. The molecule has 4 aromatic rings. The Bertz CT molecular complexity index is 1170. The summed E-state index contributed by atoms with van der Waals surface area (Å²) >= 11 is 0. The highest BCUT2D eigenvalue weighted by Gasteiger charge is 2.07. The van der Waals surface area contributed by atoms with Crippen LogP contribution < -0.4 is 10.2 Å². The van der Waals surface area contributed by atoms with Crippen molar-refractivity contribution in [3.63, 3.8) is 0 Å². The topological polar surface area (TPSA) is 50.7 Å². The lowest BCUT2D eigenvalue weighted by molar-refractivity contribution is 0.0955. The van der Waals surface area contributed by atoms with Crippen molar-refractivity contribution >= 4 is 33.7 Å². The predicted octanol–water partition coefficient (Wildman–Crippen LogP) is 4.77. The summed E-state index contributed by atoms with van der Waals surface area (Å²) in [6.07, 6.45) is 1.69. The largest absolute Gasteiger partial charge is 0.497 e. The minimum Gasteiger partial charge on any atom is -0.497 e. The monoisotopic (exact) mass is 354 g/mol. The minimum atomic E-state index is -0.282. The Morgan fingerprint density at radius 1 is 0.889 bits per heavy atom. The lowest BCUT2D eigenvalue weighted by atomic mass is 9.98. The van der Waals surface area contributed by atoms with Crippen LogP contribution in [0.2, 0.25) is 0 Å². The molecule has 1 amide bonds. The second-order valence-corrected chi connectivity index (χ2v) is 6.16. The summed E-state index contributed by atoms with van der Waals surface area (Å²) in [5.41, 5.74) is 4.04. The van der Waals surface area contributed by atoms with Gasteiger partial charge in [0.2, 0.25) is 0 Å². The number of hydrazone groups is 1. The number of amides is 1. The van der Waals surface area contributed by atoms with Crippen LogP contribution in [0.25, 0.3) is 21.5 Å². The Labute approximate surface area is 157 Å². The Morgan fingerprint density at radius 3 is 2.44 bits per heavy atom. The fourth-order valence-electron chi connectivity index (χ4n) is 3.18. The number of hydrogen-bond donors (Lipinski definition) is 1. The Hall–Kier alpha value is -3.66. The maximum Gasteiger partial charge on any atom is 0.271 e. The zero-order valence-electron chi connectivity index (χ0n) is 14.8. The third-order valence-electron chi connectivity index (χ3n) is 4.50. The first-order chi connectivity index (χ1) is 13.3. The number of ether oxygens (including phenoxy) is 1. The molecule has 1 N–H and O–H groups in total. The Morgan fingerprint density at radius 2 is 1.63 bits per heavy atom. The molecular formula is C23H18N2O2. The molecule has 4 aromatic carbocycles.